The highest BCUT2D eigenvalue weighted by molar-refractivity contribution is 6.02. The average Bonchev–Trinajstić information content (AvgIpc) is 2.38. The minimum absolute atomic E-state index is 0.0219. The fraction of sp³-hybridized carbons (Fsp3) is 0.500. The molecular weight excluding hydrogens is 256 g/mol. The Balaban J connectivity index is 2.69. The number of carbonyl (C=O) groups is 2. The van der Waals surface area contributed by atoms with Gasteiger partial charge in [-0.2, -0.15) is 0 Å². The summed E-state index contributed by atoms with van der Waals surface area (Å²) in [5, 5.41) is 9.06. The zero-order valence-corrected chi connectivity index (χ0v) is 12.3. The van der Waals surface area contributed by atoms with Crippen LogP contribution in [-0.4, -0.2) is 23.1 Å². The molecule has 0 fully saturated rings. The number of rotatable bonds is 7. The number of carbonyl (C=O) groups excluding carboxylic acids is 1. The summed E-state index contributed by atoms with van der Waals surface area (Å²) in [6.45, 7) is 6.09. The van der Waals surface area contributed by atoms with Gasteiger partial charge in [-0.05, 0) is 31.4 Å². The van der Waals surface area contributed by atoms with Gasteiger partial charge in [-0.15, -0.1) is 0 Å². The Morgan fingerprint density at radius 2 is 1.80 bits per heavy atom. The molecule has 0 heterocycles. The first-order chi connectivity index (χ1) is 9.45. The van der Waals surface area contributed by atoms with Crippen LogP contribution in [-0.2, 0) is 4.74 Å². The van der Waals surface area contributed by atoms with Crippen molar-refractivity contribution in [2.24, 2.45) is 5.92 Å². The van der Waals surface area contributed by atoms with Gasteiger partial charge in [0.05, 0.1) is 17.2 Å². The lowest BCUT2D eigenvalue weighted by molar-refractivity contribution is 0.0286. The molecule has 4 nitrogen and oxygen atoms in total. The number of hydrogen-bond acceptors (Lipinski definition) is 3. The predicted molar refractivity (Wildman–Crippen MR) is 77.0 cm³/mol. The summed E-state index contributed by atoms with van der Waals surface area (Å²) < 4.78 is 5.34. The summed E-state index contributed by atoms with van der Waals surface area (Å²) in [5.74, 6) is -1.21. The van der Waals surface area contributed by atoms with Crippen LogP contribution in [0.4, 0.5) is 0 Å². The van der Waals surface area contributed by atoms with E-state index in [1.165, 1.54) is 12.1 Å². The first-order valence-electron chi connectivity index (χ1n) is 6.99. The van der Waals surface area contributed by atoms with E-state index in [1.807, 2.05) is 6.92 Å². The van der Waals surface area contributed by atoms with Gasteiger partial charge < -0.3 is 9.84 Å². The topological polar surface area (TPSA) is 63.6 Å². The smallest absolute Gasteiger partial charge is 0.339 e. The van der Waals surface area contributed by atoms with Crippen LogP contribution in [0.15, 0.2) is 24.3 Å². The van der Waals surface area contributed by atoms with Crippen LogP contribution in [0.2, 0.25) is 0 Å². The zero-order chi connectivity index (χ0) is 15.1. The summed E-state index contributed by atoms with van der Waals surface area (Å²) in [5.41, 5.74) is 0.0845. The van der Waals surface area contributed by atoms with Gasteiger partial charge in [0.2, 0.25) is 0 Å². The monoisotopic (exact) mass is 278 g/mol. The Kier molecular flexibility index (Phi) is 6.22. The Morgan fingerprint density at radius 3 is 2.35 bits per heavy atom. The third-order valence-corrected chi connectivity index (χ3v) is 3.20. The minimum Gasteiger partial charge on any atom is -0.478 e. The van der Waals surface area contributed by atoms with Crippen LogP contribution in [0, 0.1) is 5.92 Å². The highest BCUT2D eigenvalue weighted by atomic mass is 16.5. The van der Waals surface area contributed by atoms with E-state index in [0.717, 1.165) is 19.3 Å². The lowest BCUT2D eigenvalue weighted by Gasteiger charge is -2.18. The molecule has 1 N–H and O–H groups in total. The highest BCUT2D eigenvalue weighted by Gasteiger charge is 2.19. The quantitative estimate of drug-likeness (QED) is 0.771. The molecule has 0 saturated carbocycles. The molecule has 0 aliphatic carbocycles. The van der Waals surface area contributed by atoms with Crippen molar-refractivity contribution >= 4 is 11.9 Å². The minimum atomic E-state index is -1.12. The number of esters is 1. The van der Waals surface area contributed by atoms with Crippen molar-refractivity contribution < 1.29 is 19.4 Å². The van der Waals surface area contributed by atoms with Gasteiger partial charge in [0, 0.05) is 0 Å². The number of benzene rings is 1. The van der Waals surface area contributed by atoms with Crippen LogP contribution in [0.1, 0.15) is 60.7 Å². The van der Waals surface area contributed by atoms with Crippen LogP contribution >= 0.6 is 0 Å². The molecule has 0 aliphatic rings. The molecule has 2 atom stereocenters. The van der Waals surface area contributed by atoms with E-state index in [0.29, 0.717) is 5.92 Å². The molecule has 1 rings (SSSR count). The van der Waals surface area contributed by atoms with E-state index in [4.69, 9.17) is 9.84 Å². The second kappa shape index (κ2) is 7.68. The van der Waals surface area contributed by atoms with Gasteiger partial charge in [0.1, 0.15) is 0 Å². The maximum atomic E-state index is 12.0. The number of aromatic carboxylic acids is 1. The Morgan fingerprint density at radius 1 is 1.20 bits per heavy atom. The van der Waals surface area contributed by atoms with E-state index >= 15 is 0 Å². The summed E-state index contributed by atoms with van der Waals surface area (Å²) in [6, 6.07) is 6.11. The van der Waals surface area contributed by atoms with E-state index in [1.54, 1.807) is 12.1 Å². The maximum absolute atomic E-state index is 12.0. The first-order valence-corrected chi connectivity index (χ1v) is 6.99. The SMILES string of the molecule is CCCC(C)CC(C)OC(=O)c1ccccc1C(=O)O. The molecule has 0 aromatic heterocycles. The third-order valence-electron chi connectivity index (χ3n) is 3.20. The highest BCUT2D eigenvalue weighted by Crippen LogP contribution is 2.17. The van der Waals surface area contributed by atoms with Crippen molar-refractivity contribution in [3.05, 3.63) is 35.4 Å². The molecule has 20 heavy (non-hydrogen) atoms. The fourth-order valence-corrected chi connectivity index (χ4v) is 2.32. The average molecular weight is 278 g/mol. The predicted octanol–water partition coefficient (Wildman–Crippen LogP) is 3.76. The second-order valence-electron chi connectivity index (χ2n) is 5.20. The van der Waals surface area contributed by atoms with Crippen LogP contribution in [0.3, 0.4) is 0 Å². The maximum Gasteiger partial charge on any atom is 0.339 e. The normalized spacial score (nSPS) is 13.6. The summed E-state index contributed by atoms with van der Waals surface area (Å²) in [4.78, 5) is 23.1. The summed E-state index contributed by atoms with van der Waals surface area (Å²) >= 11 is 0. The summed E-state index contributed by atoms with van der Waals surface area (Å²) in [6.07, 6.45) is 2.76. The molecule has 1 aromatic rings. The van der Waals surface area contributed by atoms with Crippen molar-refractivity contribution in [1.29, 1.82) is 0 Å². The lowest BCUT2D eigenvalue weighted by atomic mass is 9.99. The molecule has 1 aromatic carbocycles. The van der Waals surface area contributed by atoms with Crippen molar-refractivity contribution in [2.45, 2.75) is 46.1 Å². The standard InChI is InChI=1S/C16H22O4/c1-4-7-11(2)10-12(3)20-16(19)14-9-6-5-8-13(14)15(17)18/h5-6,8-9,11-12H,4,7,10H2,1-3H3,(H,17,18). The number of hydrogen-bond donors (Lipinski definition) is 1. The second-order valence-corrected chi connectivity index (χ2v) is 5.20. The Labute approximate surface area is 119 Å². The fourth-order valence-electron chi connectivity index (χ4n) is 2.32. The van der Waals surface area contributed by atoms with Crippen molar-refractivity contribution in [3.8, 4) is 0 Å². The van der Waals surface area contributed by atoms with Crippen molar-refractivity contribution in [1.82, 2.24) is 0 Å². The molecule has 110 valence electrons. The molecule has 0 amide bonds. The summed E-state index contributed by atoms with van der Waals surface area (Å²) in [7, 11) is 0. The molecule has 0 spiro atoms. The molecule has 2 unspecified atom stereocenters. The molecular formula is C16H22O4. The van der Waals surface area contributed by atoms with Crippen LogP contribution < -0.4 is 0 Å². The van der Waals surface area contributed by atoms with Crippen LogP contribution in [0.25, 0.3) is 0 Å². The van der Waals surface area contributed by atoms with Crippen molar-refractivity contribution in [2.75, 3.05) is 0 Å². The van der Waals surface area contributed by atoms with Crippen LogP contribution in [0.5, 0.6) is 0 Å². The van der Waals surface area contributed by atoms with Gasteiger partial charge >= 0.3 is 11.9 Å². The number of carboxylic acids is 1. The largest absolute Gasteiger partial charge is 0.478 e. The van der Waals surface area contributed by atoms with Gasteiger partial charge in [-0.25, -0.2) is 9.59 Å². The number of ether oxygens (including phenoxy) is 1. The number of carboxylic acid groups (broad SMARTS) is 1. The van der Waals surface area contributed by atoms with E-state index in [2.05, 4.69) is 13.8 Å². The Bertz CT molecular complexity index is 467. The zero-order valence-electron chi connectivity index (χ0n) is 12.3. The van der Waals surface area contributed by atoms with E-state index < -0.39 is 11.9 Å². The third kappa shape index (κ3) is 4.68. The Hall–Kier alpha value is -1.84. The van der Waals surface area contributed by atoms with Gasteiger partial charge in [-0.3, -0.25) is 0 Å². The molecule has 4 heteroatoms. The van der Waals surface area contributed by atoms with Gasteiger partial charge in [0.25, 0.3) is 0 Å². The van der Waals surface area contributed by atoms with Gasteiger partial charge in [0.15, 0.2) is 0 Å². The molecule has 0 aliphatic heterocycles. The van der Waals surface area contributed by atoms with E-state index in [9.17, 15) is 9.59 Å². The molecule has 0 radical (unpaired) electrons. The van der Waals surface area contributed by atoms with Crippen molar-refractivity contribution in [3.63, 3.8) is 0 Å². The van der Waals surface area contributed by atoms with Gasteiger partial charge in [-0.1, -0.05) is 38.8 Å². The molecule has 0 bridgehead atoms. The molecule has 0 saturated heterocycles. The van der Waals surface area contributed by atoms with E-state index in [-0.39, 0.29) is 17.2 Å². The lowest BCUT2D eigenvalue weighted by Crippen LogP contribution is -2.19. The first kappa shape index (κ1) is 16.2.